The minimum Gasteiger partial charge on any atom is -0.566 e. The van der Waals surface area contributed by atoms with Crippen molar-refractivity contribution in [2.24, 2.45) is 0 Å². The van der Waals surface area contributed by atoms with Crippen LogP contribution in [0.15, 0.2) is 0 Å². The fourth-order valence-electron chi connectivity index (χ4n) is 6.35. The molecule has 0 rings (SSSR count). The predicted molar refractivity (Wildman–Crippen MR) is 281 cm³/mol. The molecule has 0 aliphatic heterocycles. The summed E-state index contributed by atoms with van der Waals surface area (Å²) in [5, 5.41) is 0. The van der Waals surface area contributed by atoms with Crippen molar-refractivity contribution in [1.82, 2.24) is 0 Å². The van der Waals surface area contributed by atoms with E-state index in [9.17, 15) is 56.8 Å². The van der Waals surface area contributed by atoms with Gasteiger partial charge >= 0.3 is 49.5 Å². The molecule has 73 heavy (non-hydrogen) atoms. The van der Waals surface area contributed by atoms with E-state index in [0.717, 1.165) is 77.0 Å². The topological polar surface area (TPSA) is 296 Å². The normalized spacial score (nSPS) is 14.2. The van der Waals surface area contributed by atoms with Crippen LogP contribution in [0.3, 0.4) is 0 Å². The van der Waals surface area contributed by atoms with Gasteiger partial charge in [-0.05, 0) is 107 Å². The Morgan fingerprint density at radius 1 is 0.247 bits per heavy atom. The first-order valence-corrected chi connectivity index (χ1v) is 33.4. The van der Waals surface area contributed by atoms with Crippen LogP contribution in [0, 0.1) is 0 Å². The van der Waals surface area contributed by atoms with Gasteiger partial charge in [-0.1, -0.05) is 196 Å². The Kier molecular flexibility index (Phi) is 85.0. The van der Waals surface area contributed by atoms with Gasteiger partial charge in [-0.3, -0.25) is 0 Å². The first-order valence-electron chi connectivity index (χ1n) is 26.9. The minimum absolute atomic E-state index is 0. The molecule has 12 atom stereocenters. The molecule has 0 aromatic heterocycles. The number of hydrogen-bond acceptors (Lipinski definition) is 18. The van der Waals surface area contributed by atoms with Crippen LogP contribution in [-0.2, 0) is 75.6 Å². The van der Waals surface area contributed by atoms with E-state index >= 15 is 0 Å². The summed E-state index contributed by atoms with van der Waals surface area (Å²) in [5.74, 6) is 0. The van der Waals surface area contributed by atoms with Gasteiger partial charge in [0, 0.05) is 21.1 Å². The molecule has 0 aromatic rings. The Morgan fingerprint density at radius 3 is 0.438 bits per heavy atom. The van der Waals surface area contributed by atoms with E-state index in [4.69, 9.17) is 0 Å². The molecular formula is C48H102MoO18P6. The van der Waals surface area contributed by atoms with E-state index in [1.54, 1.807) is 41.5 Å². The number of unbranched alkanes of at least 4 members (excludes halogenated alkanes) is 18. The standard InChI is InChI=1S/6C8H17O3P.Mo/c6*1-3-4-5-6-7-8(2)11-12(9)10;/h6*8H,3-7H2,1-2H3;. The molecule has 0 aromatic carbocycles. The summed E-state index contributed by atoms with van der Waals surface area (Å²) in [6.07, 6.45) is 31.9. The summed E-state index contributed by atoms with van der Waals surface area (Å²) in [6, 6.07) is 0. The molecule has 0 N–H and O–H groups in total. The summed E-state index contributed by atoms with van der Waals surface area (Å²) < 4.78 is 88.2. The zero-order valence-electron chi connectivity index (χ0n) is 47.1. The van der Waals surface area contributed by atoms with Gasteiger partial charge in [0.25, 0.3) is 0 Å². The molecule has 18 nitrogen and oxygen atoms in total. The maximum Gasteiger partial charge on any atom is 0.488 e. The van der Waals surface area contributed by atoms with Crippen molar-refractivity contribution in [3.8, 4) is 0 Å². The third-order valence-corrected chi connectivity index (χ3v) is 13.6. The van der Waals surface area contributed by atoms with E-state index in [-0.39, 0.29) is 57.7 Å². The van der Waals surface area contributed by atoms with Crippen LogP contribution in [0.1, 0.15) is 276 Å². The molecule has 25 heteroatoms. The molecule has 0 radical (unpaired) electrons. The molecule has 0 aliphatic carbocycles. The molecule has 12 unspecified atom stereocenters. The van der Waals surface area contributed by atoms with E-state index in [0.29, 0.717) is 0 Å². The largest absolute Gasteiger partial charge is 0.566 e. The first-order chi connectivity index (χ1) is 34.0. The maximum absolute atomic E-state index is 10.1. The van der Waals surface area contributed by atoms with Crippen molar-refractivity contribution in [3.05, 3.63) is 0 Å². The molecule has 0 spiro atoms. The Bertz CT molecular complexity index is 1010. The minimum atomic E-state index is -2.66. The van der Waals surface area contributed by atoms with E-state index in [1.165, 1.54) is 116 Å². The van der Waals surface area contributed by atoms with Crippen molar-refractivity contribution in [1.29, 1.82) is 0 Å². The Balaban J connectivity index is -0.000000143. The van der Waals surface area contributed by atoms with Gasteiger partial charge < -0.3 is 29.4 Å². The number of rotatable bonds is 42. The van der Waals surface area contributed by atoms with Crippen LogP contribution >= 0.6 is 49.5 Å². The molecule has 0 heterocycles. The Hall–Kier alpha value is 0.808. The van der Waals surface area contributed by atoms with Crippen LogP contribution in [0.25, 0.3) is 0 Å². The smallest absolute Gasteiger partial charge is 0.488 e. The molecular weight excluding hydrogens is 1150 g/mol. The fourth-order valence-corrected chi connectivity index (χ4v) is 8.74. The predicted octanol–water partition coefficient (Wildman–Crippen LogP) is 14.3. The average molecular weight is 1250 g/mol. The third kappa shape index (κ3) is 98.7. The fraction of sp³-hybridized carbons (Fsp3) is 1.00. The third-order valence-electron chi connectivity index (χ3n) is 10.4. The van der Waals surface area contributed by atoms with E-state index in [1.807, 2.05) is 0 Å². The van der Waals surface area contributed by atoms with E-state index < -0.39 is 49.5 Å². The SMILES string of the molecule is CCCCCCC(C)O[P+](=O)[O-].CCCCCCC(C)O[P+](=O)[O-].CCCCCCC(C)O[P+](=O)[O-].CCCCCCC(C)O[P+](=O)[O-].CCCCCCC(C)O[P+](=O)[O-].CCCCCCC(C)O[P+](=O)[O-].[Mo]. The monoisotopic (exact) mass is 1250 g/mol. The van der Waals surface area contributed by atoms with Crippen molar-refractivity contribution in [2.45, 2.75) is 312 Å². The van der Waals surface area contributed by atoms with Gasteiger partial charge in [-0.25, -0.2) is 0 Å². The Morgan fingerprint density at radius 2 is 0.356 bits per heavy atom. The first kappa shape index (κ1) is 87.7. The molecule has 0 fully saturated rings. The van der Waals surface area contributed by atoms with E-state index in [2.05, 4.69) is 68.7 Å². The molecule has 0 bridgehead atoms. The van der Waals surface area contributed by atoms with Gasteiger partial charge in [0.1, 0.15) is 36.6 Å². The second kappa shape index (κ2) is 70.8. The molecule has 0 amide bonds. The van der Waals surface area contributed by atoms with Crippen molar-refractivity contribution in [3.63, 3.8) is 0 Å². The van der Waals surface area contributed by atoms with Gasteiger partial charge in [-0.2, -0.15) is 0 Å². The summed E-state index contributed by atoms with van der Waals surface area (Å²) in [5.41, 5.74) is 0. The van der Waals surface area contributed by atoms with Crippen LogP contribution in [0.2, 0.25) is 0 Å². The van der Waals surface area contributed by atoms with Gasteiger partial charge in [0.15, 0.2) is 0 Å². The number of hydrogen-bond donors (Lipinski definition) is 0. The van der Waals surface area contributed by atoms with Crippen LogP contribution in [0.5, 0.6) is 0 Å². The Labute approximate surface area is 464 Å². The molecule has 438 valence electrons. The van der Waals surface area contributed by atoms with Crippen molar-refractivity contribution < 1.29 is 105 Å². The van der Waals surface area contributed by atoms with Gasteiger partial charge in [0.05, 0.1) is 0 Å². The van der Waals surface area contributed by atoms with Crippen LogP contribution < -0.4 is 29.4 Å². The molecule has 0 saturated carbocycles. The van der Waals surface area contributed by atoms with Crippen molar-refractivity contribution in [2.75, 3.05) is 0 Å². The quantitative estimate of drug-likeness (QED) is 0.0311. The van der Waals surface area contributed by atoms with Gasteiger partial charge in [0.2, 0.25) is 0 Å². The zero-order chi connectivity index (χ0) is 56.4. The average Bonchev–Trinajstić information content (AvgIpc) is 3.27. The van der Waals surface area contributed by atoms with Crippen LogP contribution in [-0.4, -0.2) is 36.6 Å². The zero-order valence-corrected chi connectivity index (χ0v) is 54.5. The van der Waals surface area contributed by atoms with Crippen molar-refractivity contribution >= 4 is 49.5 Å². The summed E-state index contributed by atoms with van der Waals surface area (Å²) in [4.78, 5) is 60.7. The summed E-state index contributed by atoms with van der Waals surface area (Å²) in [6.45, 7) is 23.6. The second-order valence-corrected chi connectivity index (χ2v) is 21.9. The second-order valence-electron chi connectivity index (χ2n) is 17.9. The summed E-state index contributed by atoms with van der Waals surface area (Å²) in [7, 11) is -16.0. The molecule has 0 saturated heterocycles. The van der Waals surface area contributed by atoms with Gasteiger partial charge in [-0.15, -0.1) is 27.1 Å². The van der Waals surface area contributed by atoms with Crippen LogP contribution in [0.4, 0.5) is 0 Å². The summed E-state index contributed by atoms with van der Waals surface area (Å²) >= 11 is 0. The maximum atomic E-state index is 10.1. The molecule has 0 aliphatic rings.